The van der Waals surface area contributed by atoms with Gasteiger partial charge in [-0.3, -0.25) is 0 Å². The van der Waals surface area contributed by atoms with Gasteiger partial charge in [0.15, 0.2) is 4.34 Å². The van der Waals surface area contributed by atoms with Crippen LogP contribution in [0.5, 0.6) is 0 Å². The predicted molar refractivity (Wildman–Crippen MR) is 114 cm³/mol. The Bertz CT molecular complexity index is 1070. The second kappa shape index (κ2) is 9.21. The fourth-order valence-electron chi connectivity index (χ4n) is 2.42. The normalized spacial score (nSPS) is 10.8. The Kier molecular flexibility index (Phi) is 6.23. The molecule has 10 heteroatoms. The first-order valence-corrected chi connectivity index (χ1v) is 11.2. The third-order valence-corrected chi connectivity index (χ3v) is 6.84. The van der Waals surface area contributed by atoms with E-state index < -0.39 is 0 Å². The number of anilines is 1. The number of carbonyl (C=O) groups is 1. The Morgan fingerprint density at radius 2 is 2.10 bits per heavy atom. The average Bonchev–Trinajstić information content (AvgIpc) is 3.52. The zero-order valence-electron chi connectivity index (χ0n) is 15.3. The number of thiazole rings is 1. The van der Waals surface area contributed by atoms with Crippen LogP contribution in [0.3, 0.4) is 0 Å². The summed E-state index contributed by atoms with van der Waals surface area (Å²) < 4.78 is 10.9. The number of hydrogen-bond acceptors (Lipinski definition) is 10. The van der Waals surface area contributed by atoms with Gasteiger partial charge in [-0.25, -0.2) is 9.78 Å². The molecule has 1 aromatic carbocycles. The summed E-state index contributed by atoms with van der Waals surface area (Å²) in [6.07, 6.45) is 1.65. The van der Waals surface area contributed by atoms with Crippen LogP contribution in [0.2, 0.25) is 0 Å². The largest absolute Gasteiger partial charge is 0.467 e. The fourth-order valence-corrected chi connectivity index (χ4v) is 5.00. The molecule has 0 radical (unpaired) electrons. The van der Waals surface area contributed by atoms with Crippen molar-refractivity contribution in [3.8, 4) is 10.6 Å². The SMILES string of the molecule is COC(=O)c1ccc(-c2nc(CSc3nnc(NCc4ccco4)s3)cs2)cc1. The van der Waals surface area contributed by atoms with Gasteiger partial charge in [0, 0.05) is 16.7 Å². The van der Waals surface area contributed by atoms with Crippen LogP contribution < -0.4 is 5.32 Å². The van der Waals surface area contributed by atoms with Crippen molar-refractivity contribution in [2.75, 3.05) is 12.4 Å². The lowest BCUT2D eigenvalue weighted by atomic mass is 10.1. The number of nitrogens with zero attached hydrogens (tertiary/aromatic N) is 3. The maximum absolute atomic E-state index is 11.5. The molecule has 0 aliphatic heterocycles. The first-order valence-electron chi connectivity index (χ1n) is 8.57. The average molecular weight is 445 g/mol. The Hall–Kier alpha value is -2.69. The standard InChI is InChI=1S/C19H16N4O3S3/c1-25-17(24)13-6-4-12(5-7-13)16-21-14(10-27-16)11-28-19-23-22-18(29-19)20-9-15-3-2-8-26-15/h2-8,10H,9,11H2,1H3,(H,20,22). The predicted octanol–water partition coefficient (Wildman–Crippen LogP) is 4.95. The van der Waals surface area contributed by atoms with E-state index in [1.165, 1.54) is 18.4 Å². The Labute approximate surface area is 179 Å². The lowest BCUT2D eigenvalue weighted by Crippen LogP contribution is -2.00. The molecule has 29 heavy (non-hydrogen) atoms. The highest BCUT2D eigenvalue weighted by atomic mass is 32.2. The van der Waals surface area contributed by atoms with E-state index in [1.54, 1.807) is 41.5 Å². The smallest absolute Gasteiger partial charge is 0.337 e. The molecule has 3 aromatic heterocycles. The number of hydrogen-bond donors (Lipinski definition) is 1. The number of benzene rings is 1. The van der Waals surface area contributed by atoms with Crippen molar-refractivity contribution >= 4 is 45.5 Å². The van der Waals surface area contributed by atoms with E-state index in [4.69, 9.17) is 9.15 Å². The minimum Gasteiger partial charge on any atom is -0.467 e. The number of carbonyl (C=O) groups excluding carboxylic acids is 1. The van der Waals surface area contributed by atoms with E-state index in [2.05, 4.69) is 20.5 Å². The van der Waals surface area contributed by atoms with Crippen molar-refractivity contribution in [2.24, 2.45) is 0 Å². The molecule has 0 aliphatic rings. The first kappa shape index (κ1) is 19.6. The number of esters is 1. The molecule has 0 bridgehead atoms. The summed E-state index contributed by atoms with van der Waals surface area (Å²) in [6.45, 7) is 0.580. The maximum atomic E-state index is 11.5. The third-order valence-electron chi connectivity index (χ3n) is 3.85. The number of thioether (sulfide) groups is 1. The van der Waals surface area contributed by atoms with Crippen molar-refractivity contribution in [3.05, 3.63) is 65.1 Å². The van der Waals surface area contributed by atoms with Gasteiger partial charge < -0.3 is 14.5 Å². The van der Waals surface area contributed by atoms with E-state index in [-0.39, 0.29) is 5.97 Å². The summed E-state index contributed by atoms with van der Waals surface area (Å²) in [4.78, 5) is 16.2. The third kappa shape index (κ3) is 5.03. The topological polar surface area (TPSA) is 90.1 Å². The first-order chi connectivity index (χ1) is 14.2. The van der Waals surface area contributed by atoms with Gasteiger partial charge in [0.1, 0.15) is 10.8 Å². The summed E-state index contributed by atoms with van der Waals surface area (Å²) in [5, 5.41) is 15.3. The number of nitrogens with one attached hydrogen (secondary N) is 1. The van der Waals surface area contributed by atoms with Crippen LogP contribution in [0.25, 0.3) is 10.6 Å². The number of aromatic nitrogens is 3. The van der Waals surface area contributed by atoms with Gasteiger partial charge in [0.2, 0.25) is 5.13 Å². The number of rotatable bonds is 8. The minimum atomic E-state index is -0.345. The van der Waals surface area contributed by atoms with Gasteiger partial charge in [-0.05, 0) is 24.3 Å². The molecule has 7 nitrogen and oxygen atoms in total. The quantitative estimate of drug-likeness (QED) is 0.302. The maximum Gasteiger partial charge on any atom is 0.337 e. The molecule has 4 rings (SSSR count). The molecule has 4 aromatic rings. The van der Waals surface area contributed by atoms with E-state index in [1.807, 2.05) is 29.6 Å². The molecule has 0 spiro atoms. The van der Waals surface area contributed by atoms with Gasteiger partial charge in [-0.2, -0.15) is 0 Å². The summed E-state index contributed by atoms with van der Waals surface area (Å²) in [5.74, 6) is 1.22. The highest BCUT2D eigenvalue weighted by molar-refractivity contribution is 8.00. The Morgan fingerprint density at radius 3 is 2.86 bits per heavy atom. The van der Waals surface area contributed by atoms with E-state index in [0.717, 1.165) is 31.5 Å². The van der Waals surface area contributed by atoms with Crippen molar-refractivity contribution in [2.45, 2.75) is 16.6 Å². The Morgan fingerprint density at radius 1 is 1.24 bits per heavy atom. The van der Waals surface area contributed by atoms with Crippen molar-refractivity contribution in [1.82, 2.24) is 15.2 Å². The summed E-state index contributed by atoms with van der Waals surface area (Å²) in [5.41, 5.74) is 2.47. The van der Waals surface area contributed by atoms with Gasteiger partial charge in [0.25, 0.3) is 0 Å². The molecular weight excluding hydrogens is 428 g/mol. The van der Waals surface area contributed by atoms with Crippen molar-refractivity contribution < 1.29 is 13.9 Å². The molecule has 0 saturated heterocycles. The van der Waals surface area contributed by atoms with Crippen LogP contribution in [-0.2, 0) is 17.0 Å². The minimum absolute atomic E-state index is 0.345. The summed E-state index contributed by atoms with van der Waals surface area (Å²) in [7, 11) is 1.37. The van der Waals surface area contributed by atoms with Crippen LogP contribution in [0.1, 0.15) is 21.8 Å². The molecule has 0 saturated carbocycles. The van der Waals surface area contributed by atoms with E-state index in [9.17, 15) is 4.79 Å². The van der Waals surface area contributed by atoms with Crippen molar-refractivity contribution in [3.63, 3.8) is 0 Å². The molecule has 0 unspecified atom stereocenters. The molecule has 0 amide bonds. The lowest BCUT2D eigenvalue weighted by molar-refractivity contribution is 0.0601. The number of furan rings is 1. The van der Waals surface area contributed by atoms with Crippen LogP contribution in [0, 0.1) is 0 Å². The van der Waals surface area contributed by atoms with Gasteiger partial charge in [-0.1, -0.05) is 35.2 Å². The van der Waals surface area contributed by atoms with E-state index >= 15 is 0 Å². The van der Waals surface area contributed by atoms with Gasteiger partial charge in [-0.15, -0.1) is 21.5 Å². The molecular formula is C19H16N4O3S3. The zero-order valence-corrected chi connectivity index (χ0v) is 17.8. The molecule has 3 heterocycles. The number of methoxy groups -OCH3 is 1. The van der Waals surface area contributed by atoms with Gasteiger partial charge in [0.05, 0.1) is 31.2 Å². The molecule has 1 N–H and O–H groups in total. The molecule has 148 valence electrons. The van der Waals surface area contributed by atoms with Crippen LogP contribution in [0.15, 0.2) is 56.8 Å². The zero-order chi connectivity index (χ0) is 20.1. The fraction of sp³-hybridized carbons (Fsp3) is 0.158. The number of ether oxygens (including phenoxy) is 1. The highest BCUT2D eigenvalue weighted by Gasteiger charge is 2.10. The second-order valence-corrected chi connectivity index (χ2v) is 8.87. The van der Waals surface area contributed by atoms with Crippen molar-refractivity contribution in [1.29, 1.82) is 0 Å². The second-order valence-electron chi connectivity index (χ2n) is 5.81. The van der Waals surface area contributed by atoms with Crippen LogP contribution in [0.4, 0.5) is 5.13 Å². The van der Waals surface area contributed by atoms with Gasteiger partial charge >= 0.3 is 5.97 Å². The molecule has 0 fully saturated rings. The molecule has 0 aliphatic carbocycles. The monoisotopic (exact) mass is 444 g/mol. The lowest BCUT2D eigenvalue weighted by Gasteiger charge is -2.00. The van der Waals surface area contributed by atoms with E-state index in [0.29, 0.717) is 17.9 Å². The molecule has 0 atom stereocenters. The van der Waals surface area contributed by atoms with Crippen LogP contribution in [-0.4, -0.2) is 28.3 Å². The summed E-state index contributed by atoms with van der Waals surface area (Å²) >= 11 is 4.68. The van der Waals surface area contributed by atoms with Crippen LogP contribution >= 0.6 is 34.4 Å². The highest BCUT2D eigenvalue weighted by Crippen LogP contribution is 2.31. The summed E-state index contributed by atoms with van der Waals surface area (Å²) in [6, 6.07) is 11.0. The Balaban J connectivity index is 1.32.